The lowest BCUT2D eigenvalue weighted by Crippen LogP contribution is -2.20. The number of fused-ring (bicyclic) bond motifs is 1. The molecule has 3 rings (SSSR count). The minimum atomic E-state index is -3.47. The summed E-state index contributed by atoms with van der Waals surface area (Å²) in [6.45, 7) is 0. The molecule has 1 aliphatic heterocycles. The molecular weight excluding hydrogens is 290 g/mol. The largest absolute Gasteiger partial charge is 0.497 e. The van der Waals surface area contributed by atoms with Crippen molar-refractivity contribution >= 4 is 10.0 Å². The molecule has 0 unspecified atom stereocenters. The van der Waals surface area contributed by atoms with Crippen molar-refractivity contribution in [3.8, 4) is 11.5 Å². The van der Waals surface area contributed by atoms with Gasteiger partial charge in [0.05, 0.1) is 25.2 Å². The van der Waals surface area contributed by atoms with E-state index in [9.17, 15) is 8.42 Å². The molecule has 0 aliphatic carbocycles. The maximum Gasteiger partial charge on any atom is 0.241 e. The Hall–Kier alpha value is -2.05. The summed E-state index contributed by atoms with van der Waals surface area (Å²) in [7, 11) is -0.352. The van der Waals surface area contributed by atoms with Gasteiger partial charge in [0.15, 0.2) is 0 Å². The second-order valence-electron chi connectivity index (χ2n) is 4.74. The third-order valence-corrected chi connectivity index (χ3v) is 5.00. The van der Waals surface area contributed by atoms with Crippen molar-refractivity contribution < 1.29 is 17.9 Å². The molecule has 0 saturated heterocycles. The molecule has 2 aromatic rings. The van der Waals surface area contributed by atoms with Crippen molar-refractivity contribution in [2.45, 2.75) is 10.9 Å². The minimum absolute atomic E-state index is 0.316. The maximum absolute atomic E-state index is 12.2. The van der Waals surface area contributed by atoms with Crippen LogP contribution in [0, 0.1) is 0 Å². The van der Waals surface area contributed by atoms with Crippen molar-refractivity contribution in [1.29, 1.82) is 0 Å². The highest BCUT2D eigenvalue weighted by Gasteiger charge is 2.34. The smallest absolute Gasteiger partial charge is 0.241 e. The molecule has 0 saturated carbocycles. The number of ether oxygens (including phenoxy) is 2. The summed E-state index contributed by atoms with van der Waals surface area (Å²) in [4.78, 5) is 0.316. The number of hydrogen-bond acceptors (Lipinski definition) is 4. The lowest BCUT2D eigenvalue weighted by Gasteiger charge is -2.14. The van der Waals surface area contributed by atoms with Crippen LogP contribution < -0.4 is 14.2 Å². The first-order valence-corrected chi connectivity index (χ1v) is 7.87. The van der Waals surface area contributed by atoms with Gasteiger partial charge in [-0.05, 0) is 29.3 Å². The fourth-order valence-corrected chi connectivity index (χ4v) is 3.94. The number of benzene rings is 2. The molecule has 1 aliphatic rings. The highest BCUT2D eigenvalue weighted by molar-refractivity contribution is 7.89. The standard InChI is InChI=1S/C15H15NO4S/c1-19-11-7-10(8-12(9-11)20-2)15-13-5-3-4-6-14(13)21(17,18)16-15/h3-9,15-16H,1-2H3/t15-/m0/s1. The van der Waals surface area contributed by atoms with Gasteiger partial charge in [-0.25, -0.2) is 8.42 Å². The summed E-state index contributed by atoms with van der Waals surface area (Å²) in [6.07, 6.45) is 0. The quantitative estimate of drug-likeness (QED) is 0.943. The Morgan fingerprint density at radius 2 is 1.62 bits per heavy atom. The first-order valence-electron chi connectivity index (χ1n) is 6.39. The van der Waals surface area contributed by atoms with E-state index in [1.165, 1.54) is 0 Å². The van der Waals surface area contributed by atoms with Crippen molar-refractivity contribution in [1.82, 2.24) is 4.72 Å². The molecule has 0 bridgehead atoms. The third-order valence-electron chi connectivity index (χ3n) is 3.50. The molecule has 0 aromatic heterocycles. The van der Waals surface area contributed by atoms with Crippen molar-refractivity contribution in [2.75, 3.05) is 14.2 Å². The van der Waals surface area contributed by atoms with Crippen LogP contribution in [-0.4, -0.2) is 22.6 Å². The molecule has 1 N–H and O–H groups in total. The molecule has 1 heterocycles. The fourth-order valence-electron chi connectivity index (χ4n) is 2.49. The van der Waals surface area contributed by atoms with E-state index < -0.39 is 16.1 Å². The average Bonchev–Trinajstić information content (AvgIpc) is 2.79. The van der Waals surface area contributed by atoms with E-state index in [2.05, 4.69) is 4.72 Å². The number of rotatable bonds is 3. The van der Waals surface area contributed by atoms with Gasteiger partial charge in [0.2, 0.25) is 10.0 Å². The van der Waals surface area contributed by atoms with Crippen LogP contribution >= 0.6 is 0 Å². The van der Waals surface area contributed by atoms with Gasteiger partial charge >= 0.3 is 0 Å². The Morgan fingerprint density at radius 3 is 2.24 bits per heavy atom. The second-order valence-corrected chi connectivity index (χ2v) is 6.42. The molecule has 2 aromatic carbocycles. The molecular formula is C15H15NO4S. The SMILES string of the molecule is COc1cc(OC)cc([C@@H]2NS(=O)(=O)c3ccccc32)c1. The number of sulfonamides is 1. The summed E-state index contributed by atoms with van der Waals surface area (Å²) in [5.41, 5.74) is 1.51. The van der Waals surface area contributed by atoms with Gasteiger partial charge in [0, 0.05) is 6.07 Å². The van der Waals surface area contributed by atoms with E-state index in [1.807, 2.05) is 12.1 Å². The molecule has 0 amide bonds. The van der Waals surface area contributed by atoms with Gasteiger partial charge in [0.25, 0.3) is 0 Å². The van der Waals surface area contributed by atoms with Crippen LogP contribution in [0.2, 0.25) is 0 Å². The van der Waals surface area contributed by atoms with Crippen molar-refractivity contribution in [2.24, 2.45) is 0 Å². The summed E-state index contributed by atoms with van der Waals surface area (Å²) in [5, 5.41) is 0. The predicted octanol–water partition coefficient (Wildman–Crippen LogP) is 2.09. The van der Waals surface area contributed by atoms with E-state index in [4.69, 9.17) is 9.47 Å². The van der Waals surface area contributed by atoms with E-state index >= 15 is 0 Å². The highest BCUT2D eigenvalue weighted by atomic mass is 32.2. The van der Waals surface area contributed by atoms with Crippen LogP contribution in [0.15, 0.2) is 47.4 Å². The topological polar surface area (TPSA) is 64.6 Å². The van der Waals surface area contributed by atoms with Gasteiger partial charge in [-0.15, -0.1) is 0 Å². The molecule has 0 fully saturated rings. The van der Waals surface area contributed by atoms with Gasteiger partial charge in [0.1, 0.15) is 11.5 Å². The lowest BCUT2D eigenvalue weighted by atomic mass is 9.99. The molecule has 21 heavy (non-hydrogen) atoms. The average molecular weight is 305 g/mol. The third kappa shape index (κ3) is 2.36. The molecule has 110 valence electrons. The molecule has 1 atom stereocenters. The van der Waals surface area contributed by atoms with Crippen LogP contribution in [0.1, 0.15) is 17.2 Å². The zero-order valence-corrected chi connectivity index (χ0v) is 12.5. The minimum Gasteiger partial charge on any atom is -0.497 e. The van der Waals surface area contributed by atoms with Gasteiger partial charge in [-0.3, -0.25) is 0 Å². The molecule has 6 heteroatoms. The molecule has 5 nitrogen and oxygen atoms in total. The van der Waals surface area contributed by atoms with Crippen LogP contribution in [0.4, 0.5) is 0 Å². The van der Waals surface area contributed by atoms with Crippen LogP contribution in [0.5, 0.6) is 11.5 Å². The van der Waals surface area contributed by atoms with Gasteiger partial charge in [-0.1, -0.05) is 18.2 Å². The maximum atomic E-state index is 12.2. The zero-order chi connectivity index (χ0) is 15.0. The summed E-state index contributed by atoms with van der Waals surface area (Å²) in [5.74, 6) is 1.24. The van der Waals surface area contributed by atoms with E-state index in [0.717, 1.165) is 11.1 Å². The first-order chi connectivity index (χ1) is 10.0. The highest BCUT2D eigenvalue weighted by Crippen LogP contribution is 2.37. The Bertz CT molecular complexity index is 764. The van der Waals surface area contributed by atoms with Crippen LogP contribution in [0.25, 0.3) is 0 Å². The number of methoxy groups -OCH3 is 2. The first kappa shape index (κ1) is 13.9. The Morgan fingerprint density at radius 1 is 1.00 bits per heavy atom. The lowest BCUT2D eigenvalue weighted by molar-refractivity contribution is 0.393. The van der Waals surface area contributed by atoms with Crippen LogP contribution in [0.3, 0.4) is 0 Å². The summed E-state index contributed by atoms with van der Waals surface area (Å²) >= 11 is 0. The Kier molecular flexibility index (Phi) is 3.35. The van der Waals surface area contributed by atoms with E-state index in [1.54, 1.807) is 44.6 Å². The second kappa shape index (κ2) is 5.05. The predicted molar refractivity (Wildman–Crippen MR) is 78.2 cm³/mol. The Labute approximate surface area is 123 Å². The summed E-state index contributed by atoms with van der Waals surface area (Å²) in [6, 6.07) is 11.9. The zero-order valence-electron chi connectivity index (χ0n) is 11.7. The number of hydrogen-bond donors (Lipinski definition) is 1. The molecule has 0 radical (unpaired) electrons. The fraction of sp³-hybridized carbons (Fsp3) is 0.200. The number of nitrogens with one attached hydrogen (secondary N) is 1. The van der Waals surface area contributed by atoms with Gasteiger partial charge in [-0.2, -0.15) is 4.72 Å². The Balaban J connectivity index is 2.15. The summed E-state index contributed by atoms with van der Waals surface area (Å²) < 4.78 is 37.5. The van der Waals surface area contributed by atoms with E-state index in [-0.39, 0.29) is 0 Å². The van der Waals surface area contributed by atoms with Crippen LogP contribution in [-0.2, 0) is 10.0 Å². The molecule has 0 spiro atoms. The monoisotopic (exact) mass is 305 g/mol. The van der Waals surface area contributed by atoms with Crippen molar-refractivity contribution in [3.63, 3.8) is 0 Å². The van der Waals surface area contributed by atoms with E-state index in [0.29, 0.717) is 16.4 Å². The van der Waals surface area contributed by atoms with Gasteiger partial charge < -0.3 is 9.47 Å². The normalized spacial score (nSPS) is 19.0. The van der Waals surface area contributed by atoms with Crippen molar-refractivity contribution in [3.05, 3.63) is 53.6 Å².